The van der Waals surface area contributed by atoms with Crippen LogP contribution in [0, 0.1) is 6.92 Å². The third-order valence-corrected chi connectivity index (χ3v) is 4.87. The summed E-state index contributed by atoms with van der Waals surface area (Å²) in [5.74, 6) is 1.79. The summed E-state index contributed by atoms with van der Waals surface area (Å²) in [6.45, 7) is 2.13. The lowest BCUT2D eigenvalue weighted by atomic mass is 10.2. The summed E-state index contributed by atoms with van der Waals surface area (Å²) in [5, 5.41) is 4.26. The number of nitrogens with zero attached hydrogens (tertiary/aromatic N) is 3. The van der Waals surface area contributed by atoms with Crippen LogP contribution in [-0.4, -0.2) is 30.1 Å². The van der Waals surface area contributed by atoms with Crippen molar-refractivity contribution >= 4 is 33.3 Å². The molecule has 0 unspecified atom stereocenters. The van der Waals surface area contributed by atoms with Crippen LogP contribution < -0.4 is 10.2 Å². The molecule has 4 nitrogen and oxygen atoms in total. The summed E-state index contributed by atoms with van der Waals surface area (Å²) in [6.07, 6.45) is 5.23. The number of fused-ring (bicyclic) bond motifs is 1. The van der Waals surface area contributed by atoms with Gasteiger partial charge in [-0.1, -0.05) is 12.8 Å². The molecule has 1 saturated carbocycles. The molecule has 2 aromatic rings. The van der Waals surface area contributed by atoms with Crippen molar-refractivity contribution in [3.63, 3.8) is 0 Å². The van der Waals surface area contributed by atoms with Crippen molar-refractivity contribution in [2.45, 2.75) is 38.6 Å². The van der Waals surface area contributed by atoms with Gasteiger partial charge < -0.3 is 10.2 Å². The van der Waals surface area contributed by atoms with Crippen LogP contribution in [0.4, 0.5) is 11.8 Å². The SMILES string of the molecule is CNc1nc(N(C)C2CCCC2)c2cc(C)sc2n1. The maximum absolute atomic E-state index is 4.69. The highest BCUT2D eigenvalue weighted by atomic mass is 32.1. The predicted molar refractivity (Wildman–Crippen MR) is 82.4 cm³/mol. The van der Waals surface area contributed by atoms with Crippen molar-refractivity contribution in [2.75, 3.05) is 24.3 Å². The van der Waals surface area contributed by atoms with E-state index in [1.165, 1.54) is 35.9 Å². The minimum Gasteiger partial charge on any atom is -0.357 e. The molecule has 5 heteroatoms. The quantitative estimate of drug-likeness (QED) is 0.932. The van der Waals surface area contributed by atoms with Crippen LogP contribution >= 0.6 is 11.3 Å². The Morgan fingerprint density at radius 3 is 2.74 bits per heavy atom. The Morgan fingerprint density at radius 2 is 2.05 bits per heavy atom. The molecule has 1 aliphatic carbocycles. The first kappa shape index (κ1) is 12.7. The Balaban J connectivity index is 2.09. The number of hydrogen-bond acceptors (Lipinski definition) is 5. The molecule has 2 heterocycles. The summed E-state index contributed by atoms with van der Waals surface area (Å²) in [6, 6.07) is 2.84. The standard InChI is InChI=1S/C14H20N4S/c1-9-8-11-12(18(3)10-6-4-5-7-10)16-14(15-2)17-13(11)19-9/h8,10H,4-7H2,1-3H3,(H,15,16,17). The molecular formula is C14H20N4S. The lowest BCUT2D eigenvalue weighted by Gasteiger charge is -2.26. The minimum absolute atomic E-state index is 0.628. The van der Waals surface area contributed by atoms with Gasteiger partial charge in [0.1, 0.15) is 10.6 Å². The normalized spacial score (nSPS) is 16.2. The Labute approximate surface area is 117 Å². The topological polar surface area (TPSA) is 41.1 Å². The third kappa shape index (κ3) is 2.27. The zero-order chi connectivity index (χ0) is 13.4. The number of aryl methyl sites for hydroxylation is 1. The zero-order valence-corrected chi connectivity index (χ0v) is 12.5. The Morgan fingerprint density at radius 1 is 1.32 bits per heavy atom. The van der Waals surface area contributed by atoms with Gasteiger partial charge in [0, 0.05) is 25.0 Å². The molecule has 0 atom stereocenters. The predicted octanol–water partition coefficient (Wildman–Crippen LogP) is 3.42. The van der Waals surface area contributed by atoms with E-state index in [0.717, 1.165) is 10.6 Å². The molecule has 102 valence electrons. The minimum atomic E-state index is 0.628. The molecule has 3 rings (SSSR count). The number of anilines is 2. The molecular weight excluding hydrogens is 256 g/mol. The van der Waals surface area contributed by atoms with E-state index in [-0.39, 0.29) is 0 Å². The summed E-state index contributed by atoms with van der Waals surface area (Å²) in [7, 11) is 4.05. The van der Waals surface area contributed by atoms with Crippen molar-refractivity contribution in [3.05, 3.63) is 10.9 Å². The largest absolute Gasteiger partial charge is 0.357 e. The number of aromatic nitrogens is 2. The van der Waals surface area contributed by atoms with Gasteiger partial charge in [0.05, 0.1) is 5.39 Å². The van der Waals surface area contributed by atoms with Crippen LogP contribution in [0.1, 0.15) is 30.6 Å². The van der Waals surface area contributed by atoms with Gasteiger partial charge in [0.15, 0.2) is 0 Å². The van der Waals surface area contributed by atoms with Crippen molar-refractivity contribution in [1.29, 1.82) is 0 Å². The van der Waals surface area contributed by atoms with Gasteiger partial charge in [-0.2, -0.15) is 4.98 Å². The average Bonchev–Trinajstić information content (AvgIpc) is 3.04. The van der Waals surface area contributed by atoms with Crippen LogP contribution in [0.15, 0.2) is 6.07 Å². The fourth-order valence-electron chi connectivity index (χ4n) is 2.87. The molecule has 0 radical (unpaired) electrons. The van der Waals surface area contributed by atoms with Crippen LogP contribution in [0.25, 0.3) is 10.2 Å². The fourth-order valence-corrected chi connectivity index (χ4v) is 3.75. The fraction of sp³-hybridized carbons (Fsp3) is 0.571. The first-order valence-electron chi connectivity index (χ1n) is 6.88. The maximum Gasteiger partial charge on any atom is 0.225 e. The second-order valence-corrected chi connectivity index (χ2v) is 6.48. The molecule has 0 aromatic carbocycles. The van der Waals surface area contributed by atoms with E-state index in [9.17, 15) is 0 Å². The molecule has 0 amide bonds. The molecule has 1 aliphatic rings. The number of rotatable bonds is 3. The van der Waals surface area contributed by atoms with Crippen LogP contribution in [0.5, 0.6) is 0 Å². The second-order valence-electron chi connectivity index (χ2n) is 5.25. The van der Waals surface area contributed by atoms with E-state index in [2.05, 4.69) is 40.2 Å². The Kier molecular flexibility index (Phi) is 3.31. The first-order valence-corrected chi connectivity index (χ1v) is 7.69. The van der Waals surface area contributed by atoms with Gasteiger partial charge in [-0.25, -0.2) is 4.98 Å². The van der Waals surface area contributed by atoms with Crippen LogP contribution in [-0.2, 0) is 0 Å². The van der Waals surface area contributed by atoms with Crippen molar-refractivity contribution in [1.82, 2.24) is 9.97 Å². The van der Waals surface area contributed by atoms with E-state index >= 15 is 0 Å². The lowest BCUT2D eigenvalue weighted by molar-refractivity contribution is 0.648. The van der Waals surface area contributed by atoms with Gasteiger partial charge in [-0.3, -0.25) is 0 Å². The molecule has 2 aromatic heterocycles. The average molecular weight is 276 g/mol. The number of nitrogens with one attached hydrogen (secondary N) is 1. The second kappa shape index (κ2) is 4.96. The Bertz CT molecular complexity index is 586. The number of hydrogen-bond donors (Lipinski definition) is 1. The van der Waals surface area contributed by atoms with E-state index in [0.29, 0.717) is 12.0 Å². The van der Waals surface area contributed by atoms with E-state index in [1.807, 2.05) is 7.05 Å². The first-order chi connectivity index (χ1) is 9.19. The molecule has 0 bridgehead atoms. The van der Waals surface area contributed by atoms with Crippen molar-refractivity contribution in [2.24, 2.45) is 0 Å². The van der Waals surface area contributed by atoms with Gasteiger partial charge in [0.2, 0.25) is 5.95 Å². The smallest absolute Gasteiger partial charge is 0.225 e. The molecule has 1 N–H and O–H groups in total. The highest BCUT2D eigenvalue weighted by Crippen LogP contribution is 2.34. The molecule has 0 aliphatic heterocycles. The molecule has 19 heavy (non-hydrogen) atoms. The monoisotopic (exact) mass is 276 g/mol. The summed E-state index contributed by atoms with van der Waals surface area (Å²) < 4.78 is 0. The summed E-state index contributed by atoms with van der Waals surface area (Å²) in [4.78, 5) is 14.0. The molecule has 0 saturated heterocycles. The highest BCUT2D eigenvalue weighted by molar-refractivity contribution is 7.18. The van der Waals surface area contributed by atoms with E-state index < -0.39 is 0 Å². The lowest BCUT2D eigenvalue weighted by Crippen LogP contribution is -2.29. The molecule has 0 spiro atoms. The van der Waals surface area contributed by atoms with E-state index in [1.54, 1.807) is 11.3 Å². The van der Waals surface area contributed by atoms with Crippen molar-refractivity contribution in [3.8, 4) is 0 Å². The zero-order valence-electron chi connectivity index (χ0n) is 11.7. The van der Waals surface area contributed by atoms with Gasteiger partial charge in [0.25, 0.3) is 0 Å². The van der Waals surface area contributed by atoms with Gasteiger partial charge in [-0.15, -0.1) is 11.3 Å². The van der Waals surface area contributed by atoms with Crippen molar-refractivity contribution < 1.29 is 0 Å². The molecule has 1 fully saturated rings. The van der Waals surface area contributed by atoms with Crippen LogP contribution in [0.2, 0.25) is 0 Å². The van der Waals surface area contributed by atoms with E-state index in [4.69, 9.17) is 0 Å². The third-order valence-electron chi connectivity index (χ3n) is 3.93. The summed E-state index contributed by atoms with van der Waals surface area (Å²) >= 11 is 1.74. The maximum atomic E-state index is 4.69. The van der Waals surface area contributed by atoms with Crippen LogP contribution in [0.3, 0.4) is 0 Å². The van der Waals surface area contributed by atoms with Gasteiger partial charge in [-0.05, 0) is 25.8 Å². The Hall–Kier alpha value is -1.36. The summed E-state index contributed by atoms with van der Waals surface area (Å²) in [5.41, 5.74) is 0. The highest BCUT2D eigenvalue weighted by Gasteiger charge is 2.23. The number of thiophene rings is 1. The van der Waals surface area contributed by atoms with Gasteiger partial charge >= 0.3 is 0 Å².